The van der Waals surface area contributed by atoms with E-state index in [1.165, 1.54) is 0 Å². The Labute approximate surface area is 96.6 Å². The number of nitrogens with two attached hydrogens (primary N) is 1. The first-order valence-corrected chi connectivity index (χ1v) is 5.68. The third kappa shape index (κ3) is 2.95. The van der Waals surface area contributed by atoms with E-state index in [9.17, 15) is 4.39 Å². The molecule has 1 aromatic carbocycles. The van der Waals surface area contributed by atoms with Gasteiger partial charge in [0.25, 0.3) is 0 Å². The van der Waals surface area contributed by atoms with Gasteiger partial charge in [0.2, 0.25) is 0 Å². The highest BCUT2D eigenvalue weighted by Gasteiger charge is 2.28. The van der Waals surface area contributed by atoms with Crippen LogP contribution in [0.2, 0.25) is 0 Å². The van der Waals surface area contributed by atoms with Gasteiger partial charge in [0.1, 0.15) is 11.4 Å². The first-order chi connectivity index (χ1) is 7.51. The summed E-state index contributed by atoms with van der Waals surface area (Å²) in [6.45, 7) is 5.67. The lowest BCUT2D eigenvalue weighted by molar-refractivity contribution is 0.167. The average Bonchev–Trinajstić information content (AvgIpc) is 2.27. The minimum Gasteiger partial charge on any atom is -0.491 e. The quantitative estimate of drug-likeness (QED) is 0.836. The molecule has 0 radical (unpaired) electrons. The summed E-state index contributed by atoms with van der Waals surface area (Å²) in [5.41, 5.74) is 4.63. The zero-order valence-electron chi connectivity index (χ0n) is 10.2. The molecular weight excluding hydrogens is 205 g/mol. The van der Waals surface area contributed by atoms with Crippen LogP contribution in [0.1, 0.15) is 32.8 Å². The second-order valence-corrected chi connectivity index (χ2v) is 4.22. The summed E-state index contributed by atoms with van der Waals surface area (Å²) in [6, 6.07) is 7.11. The van der Waals surface area contributed by atoms with Crippen LogP contribution in [-0.4, -0.2) is 12.6 Å². The van der Waals surface area contributed by atoms with Crippen molar-refractivity contribution in [3.05, 3.63) is 29.8 Å². The molecule has 0 aliphatic heterocycles. The fourth-order valence-electron chi connectivity index (χ4n) is 1.59. The Morgan fingerprint density at radius 1 is 1.44 bits per heavy atom. The molecule has 0 aliphatic rings. The molecule has 0 spiro atoms. The van der Waals surface area contributed by atoms with Gasteiger partial charge in [0, 0.05) is 6.54 Å². The van der Waals surface area contributed by atoms with E-state index in [2.05, 4.69) is 0 Å². The van der Waals surface area contributed by atoms with Gasteiger partial charge in [-0.1, -0.05) is 19.1 Å². The monoisotopic (exact) mass is 225 g/mol. The summed E-state index contributed by atoms with van der Waals surface area (Å²) in [6.07, 6.45) is 0.456. The van der Waals surface area contributed by atoms with Crippen molar-refractivity contribution in [1.29, 1.82) is 0 Å². The standard InChI is InChI=1S/C13H20FNO/c1-4-13(14,9-15)11-6-5-7-12(8-11)16-10(2)3/h5-8,10H,4,9,15H2,1-3H3. The maximum atomic E-state index is 14.3. The lowest BCUT2D eigenvalue weighted by Gasteiger charge is -2.23. The number of halogens is 1. The maximum absolute atomic E-state index is 14.3. The summed E-state index contributed by atoms with van der Waals surface area (Å²) >= 11 is 0. The molecular formula is C13H20FNO. The van der Waals surface area contributed by atoms with Gasteiger partial charge in [-0.3, -0.25) is 0 Å². The molecule has 0 aliphatic carbocycles. The van der Waals surface area contributed by atoms with E-state index in [1.807, 2.05) is 19.9 Å². The van der Waals surface area contributed by atoms with E-state index >= 15 is 0 Å². The highest BCUT2D eigenvalue weighted by atomic mass is 19.1. The molecule has 3 heteroatoms. The normalized spacial score (nSPS) is 14.9. The fourth-order valence-corrected chi connectivity index (χ4v) is 1.59. The lowest BCUT2D eigenvalue weighted by atomic mass is 9.93. The van der Waals surface area contributed by atoms with Gasteiger partial charge in [-0.25, -0.2) is 4.39 Å². The number of hydrogen-bond acceptors (Lipinski definition) is 2. The second-order valence-electron chi connectivity index (χ2n) is 4.22. The van der Waals surface area contributed by atoms with Crippen LogP contribution in [0.5, 0.6) is 5.75 Å². The van der Waals surface area contributed by atoms with Gasteiger partial charge >= 0.3 is 0 Å². The van der Waals surface area contributed by atoms with Gasteiger partial charge < -0.3 is 10.5 Å². The maximum Gasteiger partial charge on any atom is 0.148 e. The highest BCUT2D eigenvalue weighted by molar-refractivity contribution is 5.32. The molecule has 0 saturated carbocycles. The van der Waals surface area contributed by atoms with Crippen LogP contribution in [0, 0.1) is 0 Å². The van der Waals surface area contributed by atoms with Crippen molar-refractivity contribution in [1.82, 2.24) is 0 Å². The van der Waals surface area contributed by atoms with E-state index in [-0.39, 0.29) is 12.6 Å². The molecule has 0 saturated heterocycles. The molecule has 16 heavy (non-hydrogen) atoms. The third-order valence-electron chi connectivity index (χ3n) is 2.61. The number of hydrogen-bond donors (Lipinski definition) is 1. The van der Waals surface area contributed by atoms with Crippen LogP contribution in [0.4, 0.5) is 4.39 Å². The average molecular weight is 225 g/mol. The predicted molar refractivity (Wildman–Crippen MR) is 64.3 cm³/mol. The zero-order valence-corrected chi connectivity index (χ0v) is 10.2. The molecule has 1 aromatic rings. The van der Waals surface area contributed by atoms with E-state index in [1.54, 1.807) is 25.1 Å². The third-order valence-corrected chi connectivity index (χ3v) is 2.61. The summed E-state index contributed by atoms with van der Waals surface area (Å²) < 4.78 is 19.9. The van der Waals surface area contributed by atoms with Crippen LogP contribution in [0.25, 0.3) is 0 Å². The molecule has 0 bridgehead atoms. The van der Waals surface area contributed by atoms with Crippen LogP contribution < -0.4 is 10.5 Å². The van der Waals surface area contributed by atoms with Crippen molar-refractivity contribution >= 4 is 0 Å². The highest BCUT2D eigenvalue weighted by Crippen LogP contribution is 2.30. The Bertz CT molecular complexity index is 334. The molecule has 0 fully saturated rings. The number of rotatable bonds is 5. The number of ether oxygens (including phenoxy) is 1. The van der Waals surface area contributed by atoms with E-state index in [4.69, 9.17) is 10.5 Å². The SMILES string of the molecule is CCC(F)(CN)c1cccc(OC(C)C)c1. The molecule has 1 unspecified atom stereocenters. The lowest BCUT2D eigenvalue weighted by Crippen LogP contribution is -2.29. The minimum absolute atomic E-state index is 0.00533. The fraction of sp³-hybridized carbons (Fsp3) is 0.538. The molecule has 0 amide bonds. The molecule has 0 heterocycles. The first-order valence-electron chi connectivity index (χ1n) is 5.68. The van der Waals surface area contributed by atoms with Gasteiger partial charge in [0.15, 0.2) is 0 Å². The van der Waals surface area contributed by atoms with Gasteiger partial charge in [-0.15, -0.1) is 0 Å². The number of benzene rings is 1. The van der Waals surface area contributed by atoms with Gasteiger partial charge in [0.05, 0.1) is 6.10 Å². The van der Waals surface area contributed by atoms with Crippen molar-refractivity contribution in [2.24, 2.45) is 5.73 Å². The molecule has 90 valence electrons. The Morgan fingerprint density at radius 2 is 2.12 bits per heavy atom. The summed E-state index contributed by atoms with van der Waals surface area (Å²) in [4.78, 5) is 0. The van der Waals surface area contributed by atoms with Crippen LogP contribution in [0.15, 0.2) is 24.3 Å². The molecule has 1 atom stereocenters. The van der Waals surface area contributed by atoms with Gasteiger partial charge in [-0.05, 0) is 38.0 Å². The topological polar surface area (TPSA) is 35.2 Å². The first kappa shape index (κ1) is 13.0. The van der Waals surface area contributed by atoms with Crippen LogP contribution in [0.3, 0.4) is 0 Å². The van der Waals surface area contributed by atoms with Crippen molar-refractivity contribution in [2.45, 2.75) is 39.0 Å². The Kier molecular flexibility index (Phi) is 4.30. The zero-order chi connectivity index (χ0) is 12.2. The van der Waals surface area contributed by atoms with Crippen molar-refractivity contribution in [3.63, 3.8) is 0 Å². The second kappa shape index (κ2) is 5.30. The minimum atomic E-state index is -1.45. The molecule has 2 nitrogen and oxygen atoms in total. The van der Waals surface area contributed by atoms with Crippen molar-refractivity contribution < 1.29 is 9.13 Å². The van der Waals surface area contributed by atoms with Gasteiger partial charge in [-0.2, -0.15) is 0 Å². The summed E-state index contributed by atoms with van der Waals surface area (Å²) in [5.74, 6) is 0.691. The van der Waals surface area contributed by atoms with Crippen LogP contribution >= 0.6 is 0 Å². The summed E-state index contributed by atoms with van der Waals surface area (Å²) in [5, 5.41) is 0. The largest absolute Gasteiger partial charge is 0.491 e. The van der Waals surface area contributed by atoms with Crippen molar-refractivity contribution in [3.8, 4) is 5.75 Å². The predicted octanol–water partition coefficient (Wildman–Crippen LogP) is 3.01. The Morgan fingerprint density at radius 3 is 2.62 bits per heavy atom. The molecule has 0 aromatic heterocycles. The smallest absolute Gasteiger partial charge is 0.148 e. The Balaban J connectivity index is 2.97. The van der Waals surface area contributed by atoms with Crippen LogP contribution in [-0.2, 0) is 5.67 Å². The summed E-state index contributed by atoms with van der Waals surface area (Å²) in [7, 11) is 0. The Hall–Kier alpha value is -1.09. The molecule has 1 rings (SSSR count). The van der Waals surface area contributed by atoms with E-state index in [0.29, 0.717) is 17.7 Å². The van der Waals surface area contributed by atoms with E-state index < -0.39 is 5.67 Å². The van der Waals surface area contributed by atoms with Crippen molar-refractivity contribution in [2.75, 3.05) is 6.54 Å². The molecule has 2 N–H and O–H groups in total. The number of alkyl halides is 1. The van der Waals surface area contributed by atoms with E-state index in [0.717, 1.165) is 0 Å².